The number of benzene rings is 3. The molecule has 0 saturated heterocycles. The number of ether oxygens (including phenoxy) is 1. The van der Waals surface area contributed by atoms with Crippen molar-refractivity contribution in [3.05, 3.63) is 89.5 Å². The molecule has 1 aliphatic carbocycles. The average Bonchev–Trinajstić information content (AvgIpc) is 3.16. The molecular weight excluding hydrogens is 412 g/mol. The predicted octanol–water partition coefficient (Wildman–Crippen LogP) is 5.89. The van der Waals surface area contributed by atoms with Crippen LogP contribution in [0.2, 0.25) is 0 Å². The number of hydrogen-bond acceptors (Lipinski definition) is 3. The molecule has 0 radical (unpaired) electrons. The first-order valence-corrected chi connectivity index (χ1v) is 11.5. The first-order valence-electron chi connectivity index (χ1n) is 11.5. The van der Waals surface area contributed by atoms with Crippen LogP contribution in [-0.4, -0.2) is 24.6 Å². The summed E-state index contributed by atoms with van der Waals surface area (Å²) in [6.45, 7) is 6.15. The Morgan fingerprint density at radius 2 is 1.48 bits per heavy atom. The Balaban J connectivity index is 1.43. The van der Waals surface area contributed by atoms with Gasteiger partial charge in [-0.3, -0.25) is 4.79 Å². The van der Waals surface area contributed by atoms with Crippen LogP contribution in [0.25, 0.3) is 11.1 Å². The van der Waals surface area contributed by atoms with Gasteiger partial charge in [-0.1, -0.05) is 86.5 Å². The van der Waals surface area contributed by atoms with Crippen molar-refractivity contribution in [3.8, 4) is 11.1 Å². The zero-order valence-corrected chi connectivity index (χ0v) is 19.3. The van der Waals surface area contributed by atoms with Crippen LogP contribution in [0, 0.1) is 12.8 Å². The molecule has 2 amide bonds. The van der Waals surface area contributed by atoms with E-state index in [-0.39, 0.29) is 24.3 Å². The number of carbonyl (C=O) groups excluding carboxylic acids is 2. The molecule has 4 rings (SSSR count). The number of hydrogen-bond donors (Lipinski definition) is 2. The van der Waals surface area contributed by atoms with E-state index in [2.05, 4.69) is 34.9 Å². The molecule has 3 aromatic rings. The molecule has 0 aliphatic heterocycles. The summed E-state index contributed by atoms with van der Waals surface area (Å²) in [6, 6.07) is 23.3. The maximum atomic E-state index is 12.9. The summed E-state index contributed by atoms with van der Waals surface area (Å²) in [6.07, 6.45) is 0.163. The standard InChI is InChI=1S/C28H30N2O3/c1-4-19(3)26(27(31)29-20-15-13-18(2)14-16-20)30-28(32)33-17-25-23-11-7-5-9-21(23)22-10-6-8-12-24(22)25/h5-16,19,25-26H,4,17H2,1-3H3,(H,29,31)(H,30,32)/t19-,26-/m0/s1. The topological polar surface area (TPSA) is 67.4 Å². The Labute approximate surface area is 195 Å². The first-order chi connectivity index (χ1) is 16.0. The molecule has 0 fully saturated rings. The van der Waals surface area contributed by atoms with E-state index < -0.39 is 12.1 Å². The van der Waals surface area contributed by atoms with E-state index in [0.29, 0.717) is 5.69 Å². The van der Waals surface area contributed by atoms with Gasteiger partial charge >= 0.3 is 6.09 Å². The summed E-state index contributed by atoms with van der Waals surface area (Å²) in [5.74, 6) is -0.316. The van der Waals surface area contributed by atoms with Gasteiger partial charge in [0.1, 0.15) is 12.6 Å². The lowest BCUT2D eigenvalue weighted by molar-refractivity contribution is -0.119. The molecule has 170 valence electrons. The van der Waals surface area contributed by atoms with Crippen molar-refractivity contribution >= 4 is 17.7 Å². The van der Waals surface area contributed by atoms with Crippen LogP contribution in [0.4, 0.5) is 10.5 Å². The van der Waals surface area contributed by atoms with Crippen LogP contribution in [-0.2, 0) is 9.53 Å². The summed E-state index contributed by atoms with van der Waals surface area (Å²) in [7, 11) is 0. The van der Waals surface area contributed by atoms with Gasteiger partial charge in [0.05, 0.1) is 0 Å². The van der Waals surface area contributed by atoms with Gasteiger partial charge in [0.15, 0.2) is 0 Å². The van der Waals surface area contributed by atoms with Gasteiger partial charge in [-0.25, -0.2) is 4.79 Å². The Bertz CT molecular complexity index is 1090. The molecule has 5 nitrogen and oxygen atoms in total. The lowest BCUT2D eigenvalue weighted by atomic mass is 9.98. The SMILES string of the molecule is CC[C@H](C)[C@H](NC(=O)OCC1c2ccccc2-c2ccccc21)C(=O)Nc1ccc(C)cc1. The van der Waals surface area contributed by atoms with Crippen molar-refractivity contribution in [1.29, 1.82) is 0 Å². The molecule has 2 N–H and O–H groups in total. The first kappa shape index (κ1) is 22.6. The Morgan fingerprint density at radius 3 is 2.06 bits per heavy atom. The van der Waals surface area contributed by atoms with Crippen molar-refractivity contribution in [3.63, 3.8) is 0 Å². The molecule has 3 aromatic carbocycles. The lowest BCUT2D eigenvalue weighted by Crippen LogP contribution is -2.48. The van der Waals surface area contributed by atoms with Crippen molar-refractivity contribution in [2.24, 2.45) is 5.92 Å². The van der Waals surface area contributed by atoms with Crippen LogP contribution < -0.4 is 10.6 Å². The summed E-state index contributed by atoms with van der Waals surface area (Å²) in [5, 5.41) is 5.70. The van der Waals surface area contributed by atoms with Gasteiger partial charge < -0.3 is 15.4 Å². The summed E-state index contributed by atoms with van der Waals surface area (Å²) < 4.78 is 5.65. The molecule has 5 heteroatoms. The van der Waals surface area contributed by atoms with E-state index in [1.165, 1.54) is 11.1 Å². The molecular formula is C28H30N2O3. The summed E-state index contributed by atoms with van der Waals surface area (Å²) >= 11 is 0. The molecule has 2 atom stereocenters. The fourth-order valence-electron chi connectivity index (χ4n) is 4.33. The molecule has 0 unspecified atom stereocenters. The van der Waals surface area contributed by atoms with Gasteiger partial charge in [0.25, 0.3) is 0 Å². The minimum atomic E-state index is -0.688. The number of carbonyl (C=O) groups is 2. The van der Waals surface area contributed by atoms with Crippen LogP contribution in [0.5, 0.6) is 0 Å². The van der Waals surface area contributed by atoms with Crippen LogP contribution >= 0.6 is 0 Å². The Hall–Kier alpha value is -3.60. The molecule has 1 aliphatic rings. The fraction of sp³-hybridized carbons (Fsp3) is 0.286. The number of amides is 2. The molecule has 0 spiro atoms. The molecule has 33 heavy (non-hydrogen) atoms. The third-order valence-corrected chi connectivity index (χ3v) is 6.43. The second-order valence-electron chi connectivity index (χ2n) is 8.69. The van der Waals surface area contributed by atoms with Gasteiger partial charge in [-0.05, 0) is 47.2 Å². The number of anilines is 1. The third-order valence-electron chi connectivity index (χ3n) is 6.43. The lowest BCUT2D eigenvalue weighted by Gasteiger charge is -2.24. The molecule has 0 heterocycles. The molecule has 0 bridgehead atoms. The average molecular weight is 443 g/mol. The van der Waals surface area contributed by atoms with Crippen molar-refractivity contribution in [2.45, 2.75) is 39.2 Å². The second kappa shape index (κ2) is 9.90. The van der Waals surface area contributed by atoms with Crippen molar-refractivity contribution < 1.29 is 14.3 Å². The molecule has 0 aromatic heterocycles. The Kier molecular flexibility index (Phi) is 6.78. The van der Waals surface area contributed by atoms with Gasteiger partial charge in [0.2, 0.25) is 5.91 Å². The zero-order chi connectivity index (χ0) is 23.4. The fourth-order valence-corrected chi connectivity index (χ4v) is 4.33. The highest BCUT2D eigenvalue weighted by Gasteiger charge is 2.30. The predicted molar refractivity (Wildman–Crippen MR) is 131 cm³/mol. The third kappa shape index (κ3) is 4.92. The van der Waals surface area contributed by atoms with E-state index in [1.54, 1.807) is 0 Å². The highest BCUT2D eigenvalue weighted by Crippen LogP contribution is 2.44. The van der Waals surface area contributed by atoms with Crippen LogP contribution in [0.1, 0.15) is 42.9 Å². The van der Waals surface area contributed by atoms with E-state index in [1.807, 2.05) is 69.3 Å². The second-order valence-corrected chi connectivity index (χ2v) is 8.69. The maximum Gasteiger partial charge on any atom is 0.407 e. The number of alkyl carbamates (subject to hydrolysis) is 1. The maximum absolute atomic E-state index is 12.9. The van der Waals surface area contributed by atoms with Gasteiger partial charge in [0, 0.05) is 11.6 Å². The molecule has 0 saturated carbocycles. The van der Waals surface area contributed by atoms with Crippen LogP contribution in [0.15, 0.2) is 72.8 Å². The van der Waals surface area contributed by atoms with E-state index in [4.69, 9.17) is 4.74 Å². The number of fused-ring (bicyclic) bond motifs is 3. The van der Waals surface area contributed by atoms with E-state index in [9.17, 15) is 9.59 Å². The summed E-state index contributed by atoms with van der Waals surface area (Å²) in [5.41, 5.74) is 6.48. The smallest absolute Gasteiger partial charge is 0.407 e. The normalized spacial score (nSPS) is 14.0. The van der Waals surface area contributed by atoms with Gasteiger partial charge in [-0.2, -0.15) is 0 Å². The Morgan fingerprint density at radius 1 is 0.909 bits per heavy atom. The van der Waals surface area contributed by atoms with Crippen molar-refractivity contribution in [1.82, 2.24) is 5.32 Å². The summed E-state index contributed by atoms with van der Waals surface area (Å²) in [4.78, 5) is 25.7. The van der Waals surface area contributed by atoms with Crippen LogP contribution in [0.3, 0.4) is 0 Å². The monoisotopic (exact) mass is 442 g/mol. The van der Waals surface area contributed by atoms with Gasteiger partial charge in [-0.15, -0.1) is 0 Å². The number of rotatable bonds is 7. The number of nitrogens with one attached hydrogen (secondary N) is 2. The van der Waals surface area contributed by atoms with Crippen molar-refractivity contribution in [2.75, 3.05) is 11.9 Å². The minimum absolute atomic E-state index is 0.0217. The highest BCUT2D eigenvalue weighted by molar-refractivity contribution is 5.96. The highest BCUT2D eigenvalue weighted by atomic mass is 16.5. The number of aryl methyl sites for hydroxylation is 1. The van der Waals surface area contributed by atoms with E-state index >= 15 is 0 Å². The minimum Gasteiger partial charge on any atom is -0.449 e. The quantitative estimate of drug-likeness (QED) is 0.480. The van der Waals surface area contributed by atoms with E-state index in [0.717, 1.165) is 23.1 Å². The largest absolute Gasteiger partial charge is 0.449 e. The zero-order valence-electron chi connectivity index (χ0n) is 19.3.